The molecule has 0 fully saturated rings. The highest BCUT2D eigenvalue weighted by Gasteiger charge is 2.27. The van der Waals surface area contributed by atoms with Crippen LogP contribution in [-0.4, -0.2) is 33.9 Å². The van der Waals surface area contributed by atoms with Gasteiger partial charge in [-0.1, -0.05) is 50.2 Å². The van der Waals surface area contributed by atoms with Gasteiger partial charge < -0.3 is 10.1 Å². The number of sulfonamides is 1. The van der Waals surface area contributed by atoms with Crippen LogP contribution in [0.2, 0.25) is 0 Å². The minimum atomic E-state index is -4.00. The second-order valence-corrected chi connectivity index (χ2v) is 9.55. The number of amides is 1. The number of esters is 1. The number of ether oxygens (including phenoxy) is 1. The Labute approximate surface area is 194 Å². The molecule has 0 saturated heterocycles. The molecule has 0 aromatic heterocycles. The maximum Gasteiger partial charge on any atom is 0.337 e. The van der Waals surface area contributed by atoms with Gasteiger partial charge in [0.1, 0.15) is 6.54 Å². The van der Waals surface area contributed by atoms with Crippen molar-refractivity contribution in [2.24, 2.45) is 0 Å². The van der Waals surface area contributed by atoms with E-state index >= 15 is 0 Å². The molecular formula is C25H26N2O5S. The molecule has 3 rings (SSSR count). The molecule has 172 valence electrons. The minimum absolute atomic E-state index is 0.0819. The van der Waals surface area contributed by atoms with Gasteiger partial charge >= 0.3 is 5.97 Å². The fourth-order valence-corrected chi connectivity index (χ4v) is 4.67. The van der Waals surface area contributed by atoms with E-state index in [1.54, 1.807) is 48.5 Å². The van der Waals surface area contributed by atoms with E-state index in [1.807, 2.05) is 26.0 Å². The van der Waals surface area contributed by atoms with Gasteiger partial charge in [-0.2, -0.15) is 0 Å². The lowest BCUT2D eigenvalue weighted by Crippen LogP contribution is -2.38. The highest BCUT2D eigenvalue weighted by molar-refractivity contribution is 7.92. The summed E-state index contributed by atoms with van der Waals surface area (Å²) in [6.45, 7) is 3.65. The summed E-state index contributed by atoms with van der Waals surface area (Å²) in [4.78, 5) is 24.7. The fourth-order valence-electron chi connectivity index (χ4n) is 3.23. The number of hydrogen-bond donors (Lipinski definition) is 1. The first kappa shape index (κ1) is 24.0. The summed E-state index contributed by atoms with van der Waals surface area (Å²) in [5.41, 5.74) is 2.06. The number of benzene rings is 3. The van der Waals surface area contributed by atoms with E-state index in [0.717, 1.165) is 9.87 Å². The van der Waals surface area contributed by atoms with Crippen LogP contribution in [0, 0.1) is 0 Å². The van der Waals surface area contributed by atoms with Gasteiger partial charge in [-0.05, 0) is 53.9 Å². The Balaban J connectivity index is 1.91. The van der Waals surface area contributed by atoms with Crippen LogP contribution in [-0.2, 0) is 19.6 Å². The van der Waals surface area contributed by atoms with Gasteiger partial charge in [0.2, 0.25) is 5.91 Å². The predicted octanol–water partition coefficient (Wildman–Crippen LogP) is 4.43. The zero-order chi connectivity index (χ0) is 24.0. The van der Waals surface area contributed by atoms with Crippen LogP contribution in [0.5, 0.6) is 0 Å². The highest BCUT2D eigenvalue weighted by Crippen LogP contribution is 2.26. The van der Waals surface area contributed by atoms with Gasteiger partial charge in [0.05, 0.1) is 23.3 Å². The van der Waals surface area contributed by atoms with E-state index < -0.39 is 28.4 Å². The second-order valence-electron chi connectivity index (χ2n) is 7.69. The number of rotatable bonds is 8. The van der Waals surface area contributed by atoms with E-state index in [1.165, 1.54) is 25.3 Å². The van der Waals surface area contributed by atoms with Crippen molar-refractivity contribution in [1.82, 2.24) is 0 Å². The molecule has 0 atom stereocenters. The highest BCUT2D eigenvalue weighted by atomic mass is 32.2. The quantitative estimate of drug-likeness (QED) is 0.496. The van der Waals surface area contributed by atoms with E-state index in [0.29, 0.717) is 11.4 Å². The van der Waals surface area contributed by atoms with Crippen LogP contribution >= 0.6 is 0 Å². The molecule has 3 aromatic rings. The molecule has 7 nitrogen and oxygen atoms in total. The third kappa shape index (κ3) is 5.78. The summed E-state index contributed by atoms with van der Waals surface area (Å²) in [6, 6.07) is 21.3. The Hall–Kier alpha value is -3.65. The Bertz CT molecular complexity index is 1220. The van der Waals surface area contributed by atoms with Crippen molar-refractivity contribution >= 4 is 33.3 Å². The molecule has 0 radical (unpaired) electrons. The number of nitrogens with one attached hydrogen (secondary N) is 1. The number of anilines is 2. The summed E-state index contributed by atoms with van der Waals surface area (Å²) in [6.07, 6.45) is 0. The molecule has 0 heterocycles. The van der Waals surface area contributed by atoms with Crippen LogP contribution in [0.4, 0.5) is 11.4 Å². The van der Waals surface area contributed by atoms with Crippen LogP contribution in [0.1, 0.15) is 35.7 Å². The SMILES string of the molecule is COC(=O)c1cccc(NC(=O)CN(c2ccc(C(C)C)cc2)S(=O)(=O)c2ccccc2)c1. The molecule has 0 aliphatic heterocycles. The summed E-state index contributed by atoms with van der Waals surface area (Å²) < 4.78 is 32.6. The Morgan fingerprint density at radius 1 is 0.939 bits per heavy atom. The molecule has 8 heteroatoms. The van der Waals surface area contributed by atoms with Crippen molar-refractivity contribution < 1.29 is 22.7 Å². The third-order valence-corrected chi connectivity index (χ3v) is 6.82. The molecule has 1 N–H and O–H groups in total. The number of carbonyl (C=O) groups excluding carboxylic acids is 2. The van der Waals surface area contributed by atoms with Crippen LogP contribution in [0.15, 0.2) is 83.8 Å². The molecule has 0 aliphatic carbocycles. The summed E-state index contributed by atoms with van der Waals surface area (Å²) >= 11 is 0. The lowest BCUT2D eigenvalue weighted by molar-refractivity contribution is -0.114. The number of methoxy groups -OCH3 is 1. The van der Waals surface area contributed by atoms with Crippen molar-refractivity contribution in [3.63, 3.8) is 0 Å². The van der Waals surface area contributed by atoms with E-state index in [4.69, 9.17) is 4.74 Å². The van der Waals surface area contributed by atoms with E-state index in [2.05, 4.69) is 5.32 Å². The minimum Gasteiger partial charge on any atom is -0.465 e. The first-order valence-electron chi connectivity index (χ1n) is 10.4. The van der Waals surface area contributed by atoms with Gasteiger partial charge in [-0.25, -0.2) is 13.2 Å². The Morgan fingerprint density at radius 2 is 1.61 bits per heavy atom. The Morgan fingerprint density at radius 3 is 2.21 bits per heavy atom. The zero-order valence-corrected chi connectivity index (χ0v) is 19.5. The summed E-state index contributed by atoms with van der Waals surface area (Å²) in [7, 11) is -2.73. The second kappa shape index (κ2) is 10.3. The van der Waals surface area contributed by atoms with Crippen molar-refractivity contribution in [3.05, 3.63) is 90.0 Å². The average molecular weight is 467 g/mol. The van der Waals surface area contributed by atoms with E-state index in [-0.39, 0.29) is 16.4 Å². The van der Waals surface area contributed by atoms with E-state index in [9.17, 15) is 18.0 Å². The van der Waals surface area contributed by atoms with Crippen LogP contribution < -0.4 is 9.62 Å². The predicted molar refractivity (Wildman–Crippen MR) is 128 cm³/mol. The molecule has 0 saturated carbocycles. The van der Waals surface area contributed by atoms with Crippen LogP contribution in [0.25, 0.3) is 0 Å². The normalized spacial score (nSPS) is 11.2. The van der Waals surface area contributed by atoms with Gasteiger partial charge in [0, 0.05) is 5.69 Å². The van der Waals surface area contributed by atoms with Crippen molar-refractivity contribution in [1.29, 1.82) is 0 Å². The maximum atomic E-state index is 13.4. The fraction of sp³-hybridized carbons (Fsp3) is 0.200. The van der Waals surface area contributed by atoms with Gasteiger partial charge in [-0.15, -0.1) is 0 Å². The molecule has 3 aromatic carbocycles. The van der Waals surface area contributed by atoms with Gasteiger partial charge in [0.25, 0.3) is 10.0 Å². The number of nitrogens with zero attached hydrogens (tertiary/aromatic N) is 1. The third-order valence-electron chi connectivity index (χ3n) is 5.03. The molecule has 0 bridgehead atoms. The lowest BCUT2D eigenvalue weighted by Gasteiger charge is -2.24. The largest absolute Gasteiger partial charge is 0.465 e. The Kier molecular flexibility index (Phi) is 7.50. The van der Waals surface area contributed by atoms with Crippen LogP contribution in [0.3, 0.4) is 0 Å². The smallest absolute Gasteiger partial charge is 0.337 e. The standard InChI is InChI=1S/C25H26N2O5S/c1-18(2)19-12-14-22(15-13-19)27(33(30,31)23-10-5-4-6-11-23)17-24(28)26-21-9-7-8-20(16-21)25(29)32-3/h4-16,18H,17H2,1-3H3,(H,26,28). The maximum absolute atomic E-state index is 13.4. The van der Waals surface area contributed by atoms with Gasteiger partial charge in [-0.3, -0.25) is 9.10 Å². The zero-order valence-electron chi connectivity index (χ0n) is 18.7. The molecule has 0 spiro atoms. The van der Waals surface area contributed by atoms with Gasteiger partial charge in [0.15, 0.2) is 0 Å². The number of carbonyl (C=O) groups is 2. The topological polar surface area (TPSA) is 92.8 Å². The first-order valence-corrected chi connectivity index (χ1v) is 11.8. The van der Waals surface area contributed by atoms with Crippen molar-refractivity contribution in [3.8, 4) is 0 Å². The molecule has 33 heavy (non-hydrogen) atoms. The van der Waals surface area contributed by atoms with Crippen molar-refractivity contribution in [2.45, 2.75) is 24.7 Å². The lowest BCUT2D eigenvalue weighted by atomic mass is 10.0. The number of hydrogen-bond acceptors (Lipinski definition) is 5. The summed E-state index contributed by atoms with van der Waals surface area (Å²) in [5.74, 6) is -0.808. The molecule has 1 amide bonds. The molecular weight excluding hydrogens is 440 g/mol. The monoisotopic (exact) mass is 466 g/mol. The first-order chi connectivity index (χ1) is 15.7. The molecule has 0 aliphatic rings. The molecule has 0 unspecified atom stereocenters. The van der Waals surface area contributed by atoms with Crippen molar-refractivity contribution in [2.75, 3.05) is 23.3 Å². The summed E-state index contributed by atoms with van der Waals surface area (Å²) in [5, 5.41) is 2.66. The average Bonchev–Trinajstić information content (AvgIpc) is 2.82.